The predicted molar refractivity (Wildman–Crippen MR) is 95.6 cm³/mol. The number of fused-ring (bicyclic) bond motifs is 1. The standard InChI is InChI=1S/C18H28N4O3/c1-11-5-7-14(8-6-11)10-19-16(23)15-9-12(2)13(3)21-17(24)20(4)18(25)22(15)21/h9,11,13-15H,5-8,10H2,1-4H3,(H,19,23). The van der Waals surface area contributed by atoms with Crippen LogP contribution in [0.5, 0.6) is 0 Å². The molecule has 7 heteroatoms. The van der Waals surface area contributed by atoms with Crippen LogP contribution < -0.4 is 16.7 Å². The van der Waals surface area contributed by atoms with E-state index >= 15 is 0 Å². The van der Waals surface area contributed by atoms with E-state index in [0.29, 0.717) is 12.5 Å². The third-order valence-corrected chi connectivity index (χ3v) is 5.88. The third kappa shape index (κ3) is 3.12. The molecule has 7 nitrogen and oxygen atoms in total. The summed E-state index contributed by atoms with van der Waals surface area (Å²) in [5, 5.41) is 3.00. The highest BCUT2D eigenvalue weighted by Gasteiger charge is 2.32. The van der Waals surface area contributed by atoms with Crippen molar-refractivity contribution in [1.29, 1.82) is 0 Å². The van der Waals surface area contributed by atoms with Gasteiger partial charge in [0.1, 0.15) is 0 Å². The molecule has 1 aliphatic carbocycles. The summed E-state index contributed by atoms with van der Waals surface area (Å²) in [7, 11) is 1.45. The minimum Gasteiger partial charge on any atom is -0.354 e. The molecule has 1 aliphatic heterocycles. The van der Waals surface area contributed by atoms with Gasteiger partial charge in [0.2, 0.25) is 5.91 Å². The summed E-state index contributed by atoms with van der Waals surface area (Å²) < 4.78 is 3.74. The number of nitrogens with one attached hydrogen (secondary N) is 1. The molecule has 3 rings (SSSR count). The fourth-order valence-electron chi connectivity index (χ4n) is 3.90. The van der Waals surface area contributed by atoms with Gasteiger partial charge >= 0.3 is 11.4 Å². The molecule has 0 radical (unpaired) electrons. The summed E-state index contributed by atoms with van der Waals surface area (Å²) in [6.45, 7) is 6.66. The van der Waals surface area contributed by atoms with Crippen molar-refractivity contribution >= 4 is 5.91 Å². The molecule has 1 aromatic rings. The Balaban J connectivity index is 1.80. The molecule has 0 saturated heterocycles. The highest BCUT2D eigenvalue weighted by Crippen LogP contribution is 2.28. The van der Waals surface area contributed by atoms with Crippen molar-refractivity contribution in [2.45, 2.75) is 58.5 Å². The second-order valence-electron chi connectivity index (χ2n) is 7.72. The minimum absolute atomic E-state index is 0.216. The van der Waals surface area contributed by atoms with Crippen LogP contribution in [0.3, 0.4) is 0 Å². The molecule has 2 heterocycles. The number of carbonyl (C=O) groups excluding carboxylic acids is 1. The fraction of sp³-hybridized carbons (Fsp3) is 0.722. The van der Waals surface area contributed by atoms with Crippen LogP contribution in [-0.2, 0) is 11.8 Å². The van der Waals surface area contributed by atoms with Gasteiger partial charge in [-0.2, -0.15) is 0 Å². The van der Waals surface area contributed by atoms with Crippen molar-refractivity contribution in [3.63, 3.8) is 0 Å². The number of aromatic nitrogens is 3. The Morgan fingerprint density at radius 3 is 2.36 bits per heavy atom. The highest BCUT2D eigenvalue weighted by atomic mass is 16.2. The Labute approximate surface area is 147 Å². The first-order chi connectivity index (χ1) is 11.8. The number of hydrogen-bond acceptors (Lipinski definition) is 3. The van der Waals surface area contributed by atoms with Crippen molar-refractivity contribution in [2.24, 2.45) is 18.9 Å². The number of allylic oxidation sites excluding steroid dienone is 1. The molecule has 0 aromatic carbocycles. The molecule has 2 atom stereocenters. The summed E-state index contributed by atoms with van der Waals surface area (Å²) in [4.78, 5) is 37.5. The second-order valence-corrected chi connectivity index (χ2v) is 7.72. The van der Waals surface area contributed by atoms with E-state index < -0.39 is 11.7 Å². The Kier molecular flexibility index (Phi) is 4.75. The molecular formula is C18H28N4O3. The quantitative estimate of drug-likeness (QED) is 0.838. The van der Waals surface area contributed by atoms with E-state index in [1.165, 1.54) is 29.3 Å². The smallest absolute Gasteiger partial charge is 0.347 e. The Morgan fingerprint density at radius 2 is 1.72 bits per heavy atom. The minimum atomic E-state index is -0.764. The van der Waals surface area contributed by atoms with Gasteiger partial charge in [0.25, 0.3) is 0 Å². The Morgan fingerprint density at radius 1 is 1.12 bits per heavy atom. The van der Waals surface area contributed by atoms with E-state index in [2.05, 4.69) is 12.2 Å². The molecule has 0 bridgehead atoms. The van der Waals surface area contributed by atoms with Gasteiger partial charge in [0.05, 0.1) is 6.04 Å². The lowest BCUT2D eigenvalue weighted by Crippen LogP contribution is -2.44. The van der Waals surface area contributed by atoms with Gasteiger partial charge in [-0.25, -0.2) is 23.5 Å². The lowest BCUT2D eigenvalue weighted by molar-refractivity contribution is -0.124. The van der Waals surface area contributed by atoms with Crippen LogP contribution in [0.25, 0.3) is 0 Å². The zero-order valence-corrected chi connectivity index (χ0v) is 15.5. The molecular weight excluding hydrogens is 320 g/mol. The number of carbonyl (C=O) groups is 1. The molecule has 2 aliphatic rings. The summed E-state index contributed by atoms with van der Waals surface area (Å²) >= 11 is 0. The summed E-state index contributed by atoms with van der Waals surface area (Å²) in [5.74, 6) is 1.06. The van der Waals surface area contributed by atoms with Crippen LogP contribution in [-0.4, -0.2) is 26.4 Å². The van der Waals surface area contributed by atoms with E-state index in [9.17, 15) is 14.4 Å². The summed E-state index contributed by atoms with van der Waals surface area (Å²) in [6, 6.07) is -0.995. The SMILES string of the molecule is CC1=CC(C(=O)NCC2CCC(C)CC2)n2c(=O)n(C)c(=O)n2C1C. The van der Waals surface area contributed by atoms with Crippen molar-refractivity contribution in [1.82, 2.24) is 19.2 Å². The van der Waals surface area contributed by atoms with Crippen molar-refractivity contribution < 1.29 is 4.79 Å². The fourth-order valence-corrected chi connectivity index (χ4v) is 3.90. The second kappa shape index (κ2) is 6.69. The summed E-state index contributed by atoms with van der Waals surface area (Å²) in [5.41, 5.74) is 0.0793. The van der Waals surface area contributed by atoms with Gasteiger partial charge in [-0.3, -0.25) is 4.79 Å². The molecule has 1 N–H and O–H groups in total. The maximum atomic E-state index is 12.8. The summed E-state index contributed by atoms with van der Waals surface area (Å²) in [6.07, 6.45) is 6.47. The van der Waals surface area contributed by atoms with Gasteiger partial charge in [-0.05, 0) is 44.6 Å². The van der Waals surface area contributed by atoms with Crippen LogP contribution in [0.2, 0.25) is 0 Å². The normalized spacial score (nSPS) is 29.0. The van der Waals surface area contributed by atoms with Gasteiger partial charge in [-0.15, -0.1) is 0 Å². The van der Waals surface area contributed by atoms with Gasteiger partial charge in [0, 0.05) is 13.6 Å². The lowest BCUT2D eigenvalue weighted by atomic mass is 9.83. The van der Waals surface area contributed by atoms with Crippen LogP contribution in [0, 0.1) is 11.8 Å². The molecule has 138 valence electrons. The van der Waals surface area contributed by atoms with E-state index in [4.69, 9.17) is 0 Å². The third-order valence-electron chi connectivity index (χ3n) is 5.88. The van der Waals surface area contributed by atoms with Gasteiger partial charge in [-0.1, -0.05) is 25.3 Å². The zero-order valence-electron chi connectivity index (χ0n) is 15.5. The van der Waals surface area contributed by atoms with E-state index in [1.54, 1.807) is 6.08 Å². The van der Waals surface area contributed by atoms with Crippen molar-refractivity contribution in [3.8, 4) is 0 Å². The maximum Gasteiger partial charge on any atom is 0.347 e. The van der Waals surface area contributed by atoms with E-state index in [1.807, 2.05) is 13.8 Å². The zero-order chi connectivity index (χ0) is 18.3. The number of amides is 1. The molecule has 25 heavy (non-hydrogen) atoms. The Hall–Kier alpha value is -2.05. The first-order valence-corrected chi connectivity index (χ1v) is 9.17. The van der Waals surface area contributed by atoms with Crippen LogP contribution in [0.4, 0.5) is 0 Å². The highest BCUT2D eigenvalue weighted by molar-refractivity contribution is 5.82. The predicted octanol–water partition coefficient (Wildman–Crippen LogP) is 1.35. The molecule has 1 aromatic heterocycles. The number of nitrogens with zero attached hydrogens (tertiary/aromatic N) is 3. The average molecular weight is 348 g/mol. The topological polar surface area (TPSA) is 78.0 Å². The Bertz CT molecular complexity index is 805. The average Bonchev–Trinajstić information content (AvgIpc) is 2.82. The van der Waals surface area contributed by atoms with Gasteiger partial charge in [0.15, 0.2) is 6.04 Å². The van der Waals surface area contributed by atoms with Crippen molar-refractivity contribution in [2.75, 3.05) is 6.54 Å². The molecule has 1 amide bonds. The van der Waals surface area contributed by atoms with E-state index in [0.717, 1.165) is 28.9 Å². The first kappa shape index (κ1) is 17.8. The molecule has 1 saturated carbocycles. The van der Waals surface area contributed by atoms with E-state index in [-0.39, 0.29) is 17.6 Å². The first-order valence-electron chi connectivity index (χ1n) is 9.17. The van der Waals surface area contributed by atoms with Crippen LogP contribution in [0.1, 0.15) is 58.5 Å². The van der Waals surface area contributed by atoms with Crippen LogP contribution in [0.15, 0.2) is 21.2 Å². The number of hydrogen-bond donors (Lipinski definition) is 1. The number of rotatable bonds is 3. The largest absolute Gasteiger partial charge is 0.354 e. The van der Waals surface area contributed by atoms with Crippen LogP contribution >= 0.6 is 0 Å². The lowest BCUT2D eigenvalue weighted by Gasteiger charge is -2.29. The van der Waals surface area contributed by atoms with Crippen molar-refractivity contribution in [3.05, 3.63) is 32.6 Å². The molecule has 2 unspecified atom stereocenters. The molecule has 1 fully saturated rings. The maximum absolute atomic E-state index is 12.8. The van der Waals surface area contributed by atoms with Gasteiger partial charge < -0.3 is 5.32 Å². The monoisotopic (exact) mass is 348 g/mol. The molecule has 0 spiro atoms.